The molecule has 2 rings (SSSR count). The summed E-state index contributed by atoms with van der Waals surface area (Å²) in [4.78, 5) is 10.9. The highest BCUT2D eigenvalue weighted by molar-refractivity contribution is 5.89. The maximum absolute atomic E-state index is 13.9. The van der Waals surface area contributed by atoms with Gasteiger partial charge in [0, 0.05) is 5.56 Å². The Hall–Kier alpha value is -2.23. The summed E-state index contributed by atoms with van der Waals surface area (Å²) < 4.78 is 27.4. The van der Waals surface area contributed by atoms with Gasteiger partial charge in [-0.25, -0.2) is 13.6 Å². The summed E-state index contributed by atoms with van der Waals surface area (Å²) in [5.74, 6) is -3.47. The Bertz CT molecular complexity index is 663. The predicted molar refractivity (Wildman–Crippen MR) is 68.2 cm³/mol. The summed E-state index contributed by atoms with van der Waals surface area (Å²) in [5.41, 5.74) is 1.93. The summed E-state index contributed by atoms with van der Waals surface area (Å²) in [7, 11) is 0. The van der Waals surface area contributed by atoms with Crippen LogP contribution in [0.15, 0.2) is 30.3 Å². The zero-order valence-corrected chi connectivity index (χ0v) is 10.5. The van der Waals surface area contributed by atoms with E-state index in [4.69, 9.17) is 5.11 Å². The maximum Gasteiger partial charge on any atom is 0.335 e. The van der Waals surface area contributed by atoms with Crippen LogP contribution in [0.25, 0.3) is 11.1 Å². The lowest BCUT2D eigenvalue weighted by Gasteiger charge is -2.11. The summed E-state index contributed by atoms with van der Waals surface area (Å²) in [5, 5.41) is 8.91. The molecule has 1 N–H and O–H groups in total. The van der Waals surface area contributed by atoms with Crippen LogP contribution in [0.1, 0.15) is 21.5 Å². The van der Waals surface area contributed by atoms with Gasteiger partial charge < -0.3 is 5.11 Å². The molecule has 0 aromatic heterocycles. The van der Waals surface area contributed by atoms with Gasteiger partial charge in [0.25, 0.3) is 0 Å². The van der Waals surface area contributed by atoms with Crippen LogP contribution in [0.3, 0.4) is 0 Å². The summed E-state index contributed by atoms with van der Waals surface area (Å²) in [6.07, 6.45) is 0. The number of aryl methyl sites for hydroxylation is 1. The van der Waals surface area contributed by atoms with Crippen molar-refractivity contribution >= 4 is 5.97 Å². The van der Waals surface area contributed by atoms with E-state index in [9.17, 15) is 13.6 Å². The van der Waals surface area contributed by atoms with Crippen molar-refractivity contribution in [2.75, 3.05) is 0 Å². The van der Waals surface area contributed by atoms with E-state index in [-0.39, 0.29) is 11.1 Å². The van der Waals surface area contributed by atoms with Crippen LogP contribution in [0, 0.1) is 25.5 Å². The van der Waals surface area contributed by atoms with Crippen molar-refractivity contribution in [1.82, 2.24) is 0 Å². The van der Waals surface area contributed by atoms with Crippen molar-refractivity contribution in [3.63, 3.8) is 0 Å². The summed E-state index contributed by atoms with van der Waals surface area (Å²) >= 11 is 0. The average Bonchev–Trinajstić information content (AvgIpc) is 2.36. The smallest absolute Gasteiger partial charge is 0.335 e. The number of rotatable bonds is 2. The molecule has 0 atom stereocenters. The third-order valence-electron chi connectivity index (χ3n) is 3.17. The lowest BCUT2D eigenvalue weighted by molar-refractivity contribution is 0.0696. The zero-order valence-electron chi connectivity index (χ0n) is 10.5. The first kappa shape index (κ1) is 13.2. The third kappa shape index (κ3) is 2.34. The van der Waals surface area contributed by atoms with Crippen molar-refractivity contribution in [1.29, 1.82) is 0 Å². The number of carboxylic acids is 1. The van der Waals surface area contributed by atoms with Crippen LogP contribution in [0.4, 0.5) is 8.78 Å². The number of hydrogen-bond donors (Lipinski definition) is 1. The van der Waals surface area contributed by atoms with Gasteiger partial charge in [0.05, 0.1) is 5.56 Å². The fourth-order valence-electron chi connectivity index (χ4n) is 1.95. The van der Waals surface area contributed by atoms with E-state index in [0.717, 1.165) is 17.2 Å². The Kier molecular flexibility index (Phi) is 3.34. The molecular formula is C15H12F2O2. The monoisotopic (exact) mass is 262 g/mol. The first-order chi connectivity index (χ1) is 8.91. The molecule has 0 amide bonds. The van der Waals surface area contributed by atoms with Gasteiger partial charge in [-0.1, -0.05) is 18.2 Å². The number of aromatic carboxylic acids is 1. The molecule has 0 aliphatic carbocycles. The molecular weight excluding hydrogens is 250 g/mol. The van der Waals surface area contributed by atoms with Crippen molar-refractivity contribution in [2.24, 2.45) is 0 Å². The van der Waals surface area contributed by atoms with Gasteiger partial charge in [-0.2, -0.15) is 0 Å². The highest BCUT2D eigenvalue weighted by Gasteiger charge is 2.17. The molecule has 0 heterocycles. The number of carboxylic acid groups (broad SMARTS) is 1. The number of benzene rings is 2. The van der Waals surface area contributed by atoms with E-state index >= 15 is 0 Å². The number of carbonyl (C=O) groups is 1. The lowest BCUT2D eigenvalue weighted by atomic mass is 9.95. The third-order valence-corrected chi connectivity index (χ3v) is 3.17. The second kappa shape index (κ2) is 4.80. The van der Waals surface area contributed by atoms with Gasteiger partial charge in [0.15, 0.2) is 11.6 Å². The number of hydrogen-bond acceptors (Lipinski definition) is 1. The topological polar surface area (TPSA) is 37.3 Å². The van der Waals surface area contributed by atoms with E-state index < -0.39 is 17.6 Å². The molecule has 19 heavy (non-hydrogen) atoms. The summed E-state index contributed by atoms with van der Waals surface area (Å²) in [6.45, 7) is 3.64. The molecule has 0 aliphatic rings. The van der Waals surface area contributed by atoms with Crippen molar-refractivity contribution < 1.29 is 18.7 Å². The molecule has 2 aromatic carbocycles. The number of halogens is 2. The Morgan fingerprint density at radius 3 is 2.42 bits per heavy atom. The van der Waals surface area contributed by atoms with Crippen molar-refractivity contribution in [2.45, 2.75) is 13.8 Å². The average molecular weight is 262 g/mol. The van der Waals surface area contributed by atoms with E-state index in [1.54, 1.807) is 19.1 Å². The molecule has 4 heteroatoms. The van der Waals surface area contributed by atoms with Gasteiger partial charge in [-0.3, -0.25) is 0 Å². The van der Waals surface area contributed by atoms with E-state index in [2.05, 4.69) is 0 Å². The lowest BCUT2D eigenvalue weighted by Crippen LogP contribution is -2.01. The predicted octanol–water partition coefficient (Wildman–Crippen LogP) is 3.95. The largest absolute Gasteiger partial charge is 0.478 e. The van der Waals surface area contributed by atoms with Crippen LogP contribution >= 0.6 is 0 Å². The molecule has 98 valence electrons. The first-order valence-electron chi connectivity index (χ1n) is 5.70. The molecule has 0 aliphatic heterocycles. The second-order valence-electron chi connectivity index (χ2n) is 4.37. The first-order valence-corrected chi connectivity index (χ1v) is 5.70. The van der Waals surface area contributed by atoms with Gasteiger partial charge >= 0.3 is 5.97 Å². The van der Waals surface area contributed by atoms with E-state index in [1.807, 2.05) is 13.0 Å². The van der Waals surface area contributed by atoms with Crippen LogP contribution < -0.4 is 0 Å². The second-order valence-corrected chi connectivity index (χ2v) is 4.37. The van der Waals surface area contributed by atoms with Gasteiger partial charge in [-0.05, 0) is 42.7 Å². The van der Waals surface area contributed by atoms with Crippen LogP contribution in [-0.4, -0.2) is 11.1 Å². The molecule has 2 nitrogen and oxygen atoms in total. The molecule has 0 bridgehead atoms. The minimum absolute atomic E-state index is 0.0291. The fraction of sp³-hybridized carbons (Fsp3) is 0.133. The Balaban J connectivity index is 2.74. The summed E-state index contributed by atoms with van der Waals surface area (Å²) in [6, 6.07) is 7.07. The van der Waals surface area contributed by atoms with Crippen molar-refractivity contribution in [3.8, 4) is 11.1 Å². The molecule has 2 aromatic rings. The van der Waals surface area contributed by atoms with E-state index in [0.29, 0.717) is 11.6 Å². The van der Waals surface area contributed by atoms with Crippen molar-refractivity contribution in [3.05, 3.63) is 58.7 Å². The molecule has 0 saturated carbocycles. The van der Waals surface area contributed by atoms with Crippen LogP contribution in [0.2, 0.25) is 0 Å². The SMILES string of the molecule is Cc1cccc(-c2cc(C(=O)O)cc(F)c2F)c1C. The molecule has 0 radical (unpaired) electrons. The highest BCUT2D eigenvalue weighted by Crippen LogP contribution is 2.30. The Morgan fingerprint density at radius 2 is 1.79 bits per heavy atom. The van der Waals surface area contributed by atoms with Gasteiger partial charge in [-0.15, -0.1) is 0 Å². The maximum atomic E-state index is 13.9. The van der Waals surface area contributed by atoms with Crippen LogP contribution in [0.5, 0.6) is 0 Å². The Labute approximate surface area is 109 Å². The minimum Gasteiger partial charge on any atom is -0.478 e. The minimum atomic E-state index is -1.29. The molecule has 0 spiro atoms. The molecule has 0 fully saturated rings. The van der Waals surface area contributed by atoms with E-state index in [1.165, 1.54) is 0 Å². The highest BCUT2D eigenvalue weighted by atomic mass is 19.2. The van der Waals surface area contributed by atoms with Crippen LogP contribution in [-0.2, 0) is 0 Å². The van der Waals surface area contributed by atoms with Gasteiger partial charge in [0.2, 0.25) is 0 Å². The fourth-order valence-corrected chi connectivity index (χ4v) is 1.95. The molecule has 0 unspecified atom stereocenters. The molecule has 0 saturated heterocycles. The Morgan fingerprint density at radius 1 is 1.11 bits per heavy atom. The van der Waals surface area contributed by atoms with Gasteiger partial charge in [0.1, 0.15) is 0 Å². The quantitative estimate of drug-likeness (QED) is 0.889. The zero-order chi connectivity index (χ0) is 14.2. The normalized spacial score (nSPS) is 10.5. The standard InChI is InChI=1S/C15H12F2O2/c1-8-4-3-5-11(9(8)2)12-6-10(15(18)19)7-13(16)14(12)17/h3-7H,1-2H3,(H,18,19).